The minimum atomic E-state index is -0.767. The molecule has 4 rings (SSSR count). The number of thiazole rings is 1. The number of fused-ring (bicyclic) bond motifs is 1. The Labute approximate surface area is 231 Å². The van der Waals surface area contributed by atoms with Gasteiger partial charge >= 0.3 is 5.97 Å². The first-order valence-electron chi connectivity index (χ1n) is 12.7. The summed E-state index contributed by atoms with van der Waals surface area (Å²) in [5.74, 6) is 1.17. The first-order chi connectivity index (χ1) is 18.8. The minimum absolute atomic E-state index is 0.0574. The summed E-state index contributed by atoms with van der Waals surface area (Å²) in [7, 11) is 1.55. The molecule has 9 heteroatoms. The highest BCUT2D eigenvalue weighted by Gasteiger charge is 2.34. The lowest BCUT2D eigenvalue weighted by Crippen LogP contribution is -2.40. The van der Waals surface area contributed by atoms with Crippen LogP contribution in [0.3, 0.4) is 0 Å². The number of hydrogen-bond acceptors (Lipinski definition) is 8. The Morgan fingerprint density at radius 3 is 2.64 bits per heavy atom. The van der Waals surface area contributed by atoms with Gasteiger partial charge < -0.3 is 18.9 Å². The largest absolute Gasteiger partial charge is 0.493 e. The Morgan fingerprint density at radius 1 is 1.18 bits per heavy atom. The van der Waals surface area contributed by atoms with Crippen LogP contribution in [0.2, 0.25) is 0 Å². The maximum absolute atomic E-state index is 13.9. The molecular weight excluding hydrogens is 516 g/mol. The maximum Gasteiger partial charge on any atom is 0.338 e. The van der Waals surface area contributed by atoms with Gasteiger partial charge in [-0.25, -0.2) is 9.79 Å². The topological polar surface area (TPSA) is 88.3 Å². The van der Waals surface area contributed by atoms with Gasteiger partial charge in [-0.15, -0.1) is 0 Å². The number of para-hydroxylation sites is 1. The van der Waals surface area contributed by atoms with Gasteiger partial charge in [-0.3, -0.25) is 9.36 Å². The average molecular weight is 549 g/mol. The van der Waals surface area contributed by atoms with Gasteiger partial charge in [-0.2, -0.15) is 0 Å². The third-order valence-corrected chi connectivity index (χ3v) is 6.93. The zero-order valence-electron chi connectivity index (χ0n) is 22.7. The Hall–Kier alpha value is -4.11. The van der Waals surface area contributed by atoms with Crippen molar-refractivity contribution in [2.75, 3.05) is 20.3 Å². The Balaban J connectivity index is 1.93. The fraction of sp³-hybridized carbons (Fsp3) is 0.300. The molecule has 1 aromatic heterocycles. The van der Waals surface area contributed by atoms with Gasteiger partial charge in [-0.1, -0.05) is 48.3 Å². The molecule has 1 aliphatic rings. The van der Waals surface area contributed by atoms with E-state index in [-0.39, 0.29) is 18.3 Å². The summed E-state index contributed by atoms with van der Waals surface area (Å²) in [6.45, 7) is 11.6. The number of esters is 1. The standard InChI is InChI=1S/C30H32N2O6S/c1-7-15-37-22-12-10-9-11-20(22)17-25-28(33)32-27(21-13-14-23(38-18(3)4)24(16-21)35-6)26(29(34)36-8-2)19(5)31-30(32)39-25/h7,9-14,16-18,27H,1,8,15H2,2-6H3. The summed E-state index contributed by atoms with van der Waals surface area (Å²) in [6, 6.07) is 12.1. The zero-order chi connectivity index (χ0) is 28.1. The Bertz CT molecular complexity index is 1600. The minimum Gasteiger partial charge on any atom is -0.493 e. The van der Waals surface area contributed by atoms with Gasteiger partial charge in [0.15, 0.2) is 16.3 Å². The van der Waals surface area contributed by atoms with Crippen LogP contribution >= 0.6 is 11.3 Å². The number of benzene rings is 2. The van der Waals surface area contributed by atoms with Gasteiger partial charge in [0.2, 0.25) is 0 Å². The van der Waals surface area contributed by atoms with Crippen molar-refractivity contribution in [1.29, 1.82) is 0 Å². The summed E-state index contributed by atoms with van der Waals surface area (Å²) in [5, 5.41) is 0. The van der Waals surface area contributed by atoms with E-state index in [4.69, 9.17) is 18.9 Å². The third kappa shape index (κ3) is 5.83. The second-order valence-electron chi connectivity index (χ2n) is 9.02. The molecular formula is C30H32N2O6S. The number of ether oxygens (including phenoxy) is 4. The number of carbonyl (C=O) groups excluding carboxylic acids is 1. The summed E-state index contributed by atoms with van der Waals surface area (Å²) in [4.78, 5) is 32.2. The Kier molecular flexibility index (Phi) is 8.71. The summed E-state index contributed by atoms with van der Waals surface area (Å²) >= 11 is 1.25. The molecule has 0 radical (unpaired) electrons. The summed E-state index contributed by atoms with van der Waals surface area (Å²) in [5.41, 5.74) is 1.92. The molecule has 0 spiro atoms. The Morgan fingerprint density at radius 2 is 1.95 bits per heavy atom. The first-order valence-corrected chi connectivity index (χ1v) is 13.5. The van der Waals surface area contributed by atoms with Crippen LogP contribution in [-0.2, 0) is 9.53 Å². The summed E-state index contributed by atoms with van der Waals surface area (Å²) in [6.07, 6.45) is 3.39. The van der Waals surface area contributed by atoms with E-state index >= 15 is 0 Å². The highest BCUT2D eigenvalue weighted by atomic mass is 32.1. The molecule has 39 heavy (non-hydrogen) atoms. The van der Waals surface area contributed by atoms with E-state index in [1.54, 1.807) is 49.8 Å². The van der Waals surface area contributed by atoms with Crippen LogP contribution in [0.25, 0.3) is 6.08 Å². The summed E-state index contributed by atoms with van der Waals surface area (Å²) < 4.78 is 24.6. The van der Waals surface area contributed by atoms with E-state index in [0.717, 1.165) is 5.56 Å². The fourth-order valence-electron chi connectivity index (χ4n) is 4.33. The van der Waals surface area contributed by atoms with Crippen LogP contribution in [0, 0.1) is 0 Å². The normalized spacial score (nSPS) is 15.0. The van der Waals surface area contributed by atoms with Crippen molar-refractivity contribution < 1.29 is 23.7 Å². The fourth-order valence-corrected chi connectivity index (χ4v) is 5.37. The van der Waals surface area contributed by atoms with E-state index < -0.39 is 12.0 Å². The lowest BCUT2D eigenvalue weighted by molar-refractivity contribution is -0.139. The number of nitrogens with zero attached hydrogens (tertiary/aromatic N) is 2. The smallest absolute Gasteiger partial charge is 0.338 e. The van der Waals surface area contributed by atoms with Crippen molar-refractivity contribution in [1.82, 2.24) is 4.57 Å². The van der Waals surface area contributed by atoms with Crippen molar-refractivity contribution in [2.24, 2.45) is 4.99 Å². The zero-order valence-corrected chi connectivity index (χ0v) is 23.5. The van der Waals surface area contributed by atoms with E-state index in [1.165, 1.54) is 11.3 Å². The van der Waals surface area contributed by atoms with Gasteiger partial charge in [0.25, 0.3) is 5.56 Å². The maximum atomic E-state index is 13.9. The van der Waals surface area contributed by atoms with Crippen molar-refractivity contribution in [3.63, 3.8) is 0 Å². The molecule has 3 aromatic rings. The van der Waals surface area contributed by atoms with Crippen LogP contribution in [0.4, 0.5) is 0 Å². The molecule has 8 nitrogen and oxygen atoms in total. The molecule has 0 saturated heterocycles. The number of rotatable bonds is 10. The average Bonchev–Trinajstić information content (AvgIpc) is 3.21. The predicted molar refractivity (Wildman–Crippen MR) is 151 cm³/mol. The predicted octanol–water partition coefficient (Wildman–Crippen LogP) is 4.16. The number of hydrogen-bond donors (Lipinski definition) is 0. The second-order valence-corrected chi connectivity index (χ2v) is 10.0. The van der Waals surface area contributed by atoms with Crippen molar-refractivity contribution in [3.05, 3.63) is 97.2 Å². The van der Waals surface area contributed by atoms with E-state index in [1.807, 2.05) is 44.2 Å². The molecule has 1 unspecified atom stereocenters. The van der Waals surface area contributed by atoms with Crippen LogP contribution in [0.5, 0.6) is 17.2 Å². The van der Waals surface area contributed by atoms with Crippen LogP contribution in [0.15, 0.2) is 76.2 Å². The lowest BCUT2D eigenvalue weighted by atomic mass is 9.95. The highest BCUT2D eigenvalue weighted by Crippen LogP contribution is 2.36. The third-order valence-electron chi connectivity index (χ3n) is 5.95. The molecule has 0 bridgehead atoms. The molecule has 0 fully saturated rings. The molecule has 0 N–H and O–H groups in total. The number of aromatic nitrogens is 1. The molecule has 0 amide bonds. The van der Waals surface area contributed by atoms with Crippen molar-refractivity contribution in [2.45, 2.75) is 39.8 Å². The van der Waals surface area contributed by atoms with E-state index in [2.05, 4.69) is 11.6 Å². The van der Waals surface area contributed by atoms with Crippen molar-refractivity contribution >= 4 is 23.4 Å². The van der Waals surface area contributed by atoms with Gasteiger partial charge in [0.05, 0.1) is 41.7 Å². The highest BCUT2D eigenvalue weighted by molar-refractivity contribution is 7.07. The molecule has 2 heterocycles. The number of methoxy groups -OCH3 is 1. The van der Waals surface area contributed by atoms with Crippen LogP contribution < -0.4 is 29.1 Å². The van der Waals surface area contributed by atoms with Gasteiger partial charge in [0, 0.05) is 5.56 Å². The molecule has 1 atom stereocenters. The SMILES string of the molecule is C=CCOc1ccccc1C=c1sc2n(c1=O)C(c1ccc(OC(C)C)c(OC)c1)C(C(=O)OCC)=C(C)N=2. The number of carbonyl (C=O) groups is 1. The van der Waals surface area contributed by atoms with Crippen LogP contribution in [0.1, 0.15) is 44.9 Å². The molecule has 204 valence electrons. The van der Waals surface area contributed by atoms with Gasteiger partial charge in [0.1, 0.15) is 12.4 Å². The monoisotopic (exact) mass is 548 g/mol. The van der Waals surface area contributed by atoms with E-state index in [0.29, 0.717) is 50.0 Å². The quantitative estimate of drug-likeness (QED) is 0.279. The van der Waals surface area contributed by atoms with Crippen LogP contribution in [-0.4, -0.2) is 37.0 Å². The van der Waals surface area contributed by atoms with Gasteiger partial charge in [-0.05, 0) is 57.5 Å². The molecule has 1 aliphatic heterocycles. The molecule has 0 saturated carbocycles. The van der Waals surface area contributed by atoms with E-state index in [9.17, 15) is 9.59 Å². The molecule has 0 aliphatic carbocycles. The second kappa shape index (κ2) is 12.2. The molecule has 2 aromatic carbocycles. The van der Waals surface area contributed by atoms with Crippen molar-refractivity contribution in [3.8, 4) is 17.2 Å². The lowest BCUT2D eigenvalue weighted by Gasteiger charge is -2.25. The first kappa shape index (κ1) is 27.9. The number of allylic oxidation sites excluding steroid dienone is 1.